The van der Waals surface area contributed by atoms with Crippen LogP contribution in [-0.2, 0) is 6.61 Å². The van der Waals surface area contributed by atoms with Crippen molar-refractivity contribution in [2.45, 2.75) is 6.61 Å². The summed E-state index contributed by atoms with van der Waals surface area (Å²) in [4.78, 5) is 4.03. The van der Waals surface area contributed by atoms with E-state index in [4.69, 9.17) is 16.7 Å². The number of fused-ring (bicyclic) bond motifs is 1. The lowest BCUT2D eigenvalue weighted by Gasteiger charge is -2.04. The summed E-state index contributed by atoms with van der Waals surface area (Å²) in [6.07, 6.45) is 3.42. The Labute approximate surface area is 94.7 Å². The van der Waals surface area contributed by atoms with Gasteiger partial charge in [-0.3, -0.25) is 4.98 Å². The van der Waals surface area contributed by atoms with Crippen molar-refractivity contribution in [3.8, 4) is 0 Å². The van der Waals surface area contributed by atoms with Crippen LogP contribution in [0.4, 0.5) is 0 Å². The molecular formula is C10H7BrClNO. The van der Waals surface area contributed by atoms with Gasteiger partial charge in [-0.15, -0.1) is 0 Å². The Morgan fingerprint density at radius 1 is 1.29 bits per heavy atom. The van der Waals surface area contributed by atoms with E-state index in [2.05, 4.69) is 20.9 Å². The minimum absolute atomic E-state index is 0.00950. The van der Waals surface area contributed by atoms with Crippen LogP contribution >= 0.6 is 27.5 Å². The maximum Gasteiger partial charge on any atom is 0.0682 e. The number of rotatable bonds is 1. The number of hydrogen-bond donors (Lipinski definition) is 1. The van der Waals surface area contributed by atoms with Crippen LogP contribution in [0.25, 0.3) is 10.8 Å². The summed E-state index contributed by atoms with van der Waals surface area (Å²) < 4.78 is 0.882. The van der Waals surface area contributed by atoms with E-state index in [1.54, 1.807) is 18.5 Å². The Balaban J connectivity index is 2.83. The van der Waals surface area contributed by atoms with E-state index in [9.17, 15) is 0 Å². The molecule has 2 nitrogen and oxygen atoms in total. The number of pyridine rings is 1. The topological polar surface area (TPSA) is 33.1 Å². The van der Waals surface area contributed by atoms with Crippen LogP contribution in [0.15, 0.2) is 29.0 Å². The van der Waals surface area contributed by atoms with E-state index < -0.39 is 0 Å². The van der Waals surface area contributed by atoms with Crippen molar-refractivity contribution >= 4 is 38.3 Å². The summed E-state index contributed by atoms with van der Waals surface area (Å²) in [7, 11) is 0. The Morgan fingerprint density at radius 3 is 2.79 bits per heavy atom. The number of aliphatic hydroxyl groups is 1. The van der Waals surface area contributed by atoms with Gasteiger partial charge in [0, 0.05) is 27.6 Å². The number of aliphatic hydroxyl groups excluding tert-OH is 1. The Kier molecular flexibility index (Phi) is 2.72. The molecule has 1 aromatic carbocycles. The molecule has 0 radical (unpaired) electrons. The molecule has 0 saturated heterocycles. The molecule has 0 atom stereocenters. The lowest BCUT2D eigenvalue weighted by atomic mass is 10.1. The van der Waals surface area contributed by atoms with Gasteiger partial charge in [-0.05, 0) is 33.6 Å². The van der Waals surface area contributed by atoms with Crippen LogP contribution in [0.1, 0.15) is 5.56 Å². The third kappa shape index (κ3) is 1.63. The number of nitrogens with zero attached hydrogens (tertiary/aromatic N) is 1. The summed E-state index contributed by atoms with van der Waals surface area (Å²) >= 11 is 9.43. The van der Waals surface area contributed by atoms with E-state index in [0.29, 0.717) is 5.02 Å². The Bertz CT molecular complexity index is 487. The smallest absolute Gasteiger partial charge is 0.0682 e. The van der Waals surface area contributed by atoms with Crippen molar-refractivity contribution in [3.05, 3.63) is 39.6 Å². The molecule has 1 N–H and O–H groups in total. The fourth-order valence-corrected chi connectivity index (χ4v) is 2.08. The molecule has 0 fully saturated rings. The third-order valence-electron chi connectivity index (χ3n) is 2.02. The van der Waals surface area contributed by atoms with Gasteiger partial charge in [-0.25, -0.2) is 0 Å². The van der Waals surface area contributed by atoms with Crippen molar-refractivity contribution in [1.29, 1.82) is 0 Å². The molecule has 14 heavy (non-hydrogen) atoms. The molecule has 0 aliphatic rings. The Hall–Kier alpha value is -0.640. The minimum atomic E-state index is -0.00950. The molecule has 0 unspecified atom stereocenters. The van der Waals surface area contributed by atoms with Gasteiger partial charge in [0.05, 0.1) is 11.6 Å². The fraction of sp³-hybridized carbons (Fsp3) is 0.100. The Morgan fingerprint density at radius 2 is 2.07 bits per heavy atom. The summed E-state index contributed by atoms with van der Waals surface area (Å²) in [6.45, 7) is -0.00950. The monoisotopic (exact) mass is 271 g/mol. The zero-order valence-electron chi connectivity index (χ0n) is 7.17. The molecule has 0 aliphatic carbocycles. The first kappa shape index (κ1) is 9.90. The average molecular weight is 273 g/mol. The quantitative estimate of drug-likeness (QED) is 0.865. The standard InChI is InChI=1S/C10H7BrClNO/c11-9-4-13-3-8-7(9)1-6(5-14)2-10(8)12/h1-4,14H,5H2. The molecule has 0 spiro atoms. The van der Waals surface area contributed by atoms with Crippen molar-refractivity contribution in [2.24, 2.45) is 0 Å². The molecule has 0 bridgehead atoms. The summed E-state index contributed by atoms with van der Waals surface area (Å²) in [5, 5.41) is 11.5. The predicted octanol–water partition coefficient (Wildman–Crippen LogP) is 3.14. The first-order valence-corrected chi connectivity index (χ1v) is 5.22. The highest BCUT2D eigenvalue weighted by Crippen LogP contribution is 2.29. The van der Waals surface area contributed by atoms with Gasteiger partial charge in [-0.1, -0.05) is 11.6 Å². The van der Waals surface area contributed by atoms with Gasteiger partial charge < -0.3 is 5.11 Å². The van der Waals surface area contributed by atoms with Gasteiger partial charge in [0.1, 0.15) is 0 Å². The molecule has 0 saturated carbocycles. The molecule has 0 aliphatic heterocycles. The predicted molar refractivity (Wildman–Crippen MR) is 60.4 cm³/mol. The summed E-state index contributed by atoms with van der Waals surface area (Å²) in [5.41, 5.74) is 0.800. The highest BCUT2D eigenvalue weighted by molar-refractivity contribution is 9.10. The second kappa shape index (κ2) is 3.85. The molecule has 1 heterocycles. The number of aromatic nitrogens is 1. The lowest BCUT2D eigenvalue weighted by molar-refractivity contribution is 0.282. The molecule has 0 amide bonds. The van der Waals surface area contributed by atoms with Crippen LogP contribution in [0.5, 0.6) is 0 Å². The number of benzene rings is 1. The fourth-order valence-electron chi connectivity index (χ4n) is 1.34. The number of hydrogen-bond acceptors (Lipinski definition) is 2. The SMILES string of the molecule is OCc1cc(Cl)c2cncc(Br)c2c1. The minimum Gasteiger partial charge on any atom is -0.392 e. The van der Waals surface area contributed by atoms with Crippen molar-refractivity contribution in [1.82, 2.24) is 4.98 Å². The third-order valence-corrected chi connectivity index (χ3v) is 2.97. The molecule has 2 aromatic rings. The van der Waals surface area contributed by atoms with E-state index in [1.807, 2.05) is 6.07 Å². The van der Waals surface area contributed by atoms with Crippen LogP contribution in [-0.4, -0.2) is 10.1 Å². The van der Waals surface area contributed by atoms with Crippen LogP contribution in [0.2, 0.25) is 5.02 Å². The maximum absolute atomic E-state index is 9.02. The zero-order chi connectivity index (χ0) is 10.1. The lowest BCUT2D eigenvalue weighted by Crippen LogP contribution is -1.86. The second-order valence-corrected chi connectivity index (χ2v) is 4.21. The van der Waals surface area contributed by atoms with Crippen molar-refractivity contribution < 1.29 is 5.11 Å². The van der Waals surface area contributed by atoms with Crippen LogP contribution in [0, 0.1) is 0 Å². The largest absolute Gasteiger partial charge is 0.392 e. The van der Waals surface area contributed by atoms with E-state index in [0.717, 1.165) is 20.8 Å². The summed E-state index contributed by atoms with van der Waals surface area (Å²) in [5.74, 6) is 0. The first-order chi connectivity index (χ1) is 6.72. The van der Waals surface area contributed by atoms with Gasteiger partial charge in [0.2, 0.25) is 0 Å². The zero-order valence-corrected chi connectivity index (χ0v) is 9.51. The molecular weight excluding hydrogens is 265 g/mol. The molecule has 1 aromatic heterocycles. The van der Waals surface area contributed by atoms with Crippen LogP contribution in [0.3, 0.4) is 0 Å². The van der Waals surface area contributed by atoms with E-state index in [1.165, 1.54) is 0 Å². The van der Waals surface area contributed by atoms with Crippen molar-refractivity contribution in [2.75, 3.05) is 0 Å². The maximum atomic E-state index is 9.02. The van der Waals surface area contributed by atoms with Gasteiger partial charge in [0.15, 0.2) is 0 Å². The molecule has 2 rings (SSSR count). The van der Waals surface area contributed by atoms with Gasteiger partial charge >= 0.3 is 0 Å². The van der Waals surface area contributed by atoms with Gasteiger partial charge in [0.25, 0.3) is 0 Å². The highest BCUT2D eigenvalue weighted by atomic mass is 79.9. The average Bonchev–Trinajstić information content (AvgIpc) is 2.19. The normalized spacial score (nSPS) is 10.8. The highest BCUT2D eigenvalue weighted by Gasteiger charge is 2.04. The molecule has 4 heteroatoms. The van der Waals surface area contributed by atoms with Crippen molar-refractivity contribution in [3.63, 3.8) is 0 Å². The second-order valence-electron chi connectivity index (χ2n) is 2.95. The van der Waals surface area contributed by atoms with Crippen LogP contribution < -0.4 is 0 Å². The number of halogens is 2. The first-order valence-electron chi connectivity index (χ1n) is 4.05. The molecule has 72 valence electrons. The van der Waals surface area contributed by atoms with Gasteiger partial charge in [-0.2, -0.15) is 0 Å². The van der Waals surface area contributed by atoms with E-state index in [-0.39, 0.29) is 6.61 Å². The summed E-state index contributed by atoms with van der Waals surface area (Å²) in [6, 6.07) is 3.64. The van der Waals surface area contributed by atoms with E-state index >= 15 is 0 Å².